The molecule has 0 fully saturated rings. The summed E-state index contributed by atoms with van der Waals surface area (Å²) in [7, 11) is 3.86. The quantitative estimate of drug-likeness (QED) is 0.792. The summed E-state index contributed by atoms with van der Waals surface area (Å²) in [6.45, 7) is 3.27. The van der Waals surface area contributed by atoms with Crippen LogP contribution >= 0.6 is 0 Å². The van der Waals surface area contributed by atoms with E-state index in [1.165, 1.54) is 0 Å². The normalized spacial score (nSPS) is 11.0. The summed E-state index contributed by atoms with van der Waals surface area (Å²) in [5, 5.41) is 0. The van der Waals surface area contributed by atoms with Gasteiger partial charge in [-0.15, -0.1) is 0 Å². The molecule has 2 aromatic heterocycles. The number of aryl methyl sites for hydroxylation is 2. The lowest BCUT2D eigenvalue weighted by Crippen LogP contribution is -2.27. The van der Waals surface area contributed by atoms with Gasteiger partial charge in [0.15, 0.2) is 5.65 Å². The molecule has 0 saturated carbocycles. The van der Waals surface area contributed by atoms with Crippen LogP contribution in [-0.2, 0) is 7.05 Å². The van der Waals surface area contributed by atoms with E-state index in [-0.39, 0.29) is 0 Å². The molecule has 6 nitrogen and oxygen atoms in total. The van der Waals surface area contributed by atoms with Crippen molar-refractivity contribution in [3.8, 4) is 0 Å². The summed E-state index contributed by atoms with van der Waals surface area (Å²) in [5.41, 5.74) is 8.11. The number of likely N-dealkylation sites (N-methyl/N-ethyl adjacent to an activating group) is 1. The smallest absolute Gasteiger partial charge is 0.227 e. The molecule has 6 heteroatoms. The fourth-order valence-electron chi connectivity index (χ4n) is 1.60. The number of rotatable bonds is 3. The Bertz CT molecular complexity index is 503. The van der Waals surface area contributed by atoms with Crippen LogP contribution in [0.15, 0.2) is 6.33 Å². The van der Waals surface area contributed by atoms with Gasteiger partial charge in [0.2, 0.25) is 5.95 Å². The number of imidazole rings is 1. The minimum atomic E-state index is 0.586. The van der Waals surface area contributed by atoms with Crippen LogP contribution in [-0.4, -0.2) is 39.7 Å². The zero-order chi connectivity index (χ0) is 11.7. The van der Waals surface area contributed by atoms with Gasteiger partial charge in [0, 0.05) is 27.2 Å². The zero-order valence-corrected chi connectivity index (χ0v) is 9.80. The molecule has 2 heterocycles. The number of hydrogen-bond donors (Lipinski definition) is 1. The van der Waals surface area contributed by atoms with E-state index in [2.05, 4.69) is 15.0 Å². The fourth-order valence-corrected chi connectivity index (χ4v) is 1.60. The first kappa shape index (κ1) is 10.8. The minimum Gasteiger partial charge on any atom is -0.343 e. The highest BCUT2D eigenvalue weighted by atomic mass is 15.3. The van der Waals surface area contributed by atoms with Crippen molar-refractivity contribution in [1.29, 1.82) is 0 Å². The molecule has 0 atom stereocenters. The van der Waals surface area contributed by atoms with Crippen molar-refractivity contribution in [3.05, 3.63) is 12.0 Å². The van der Waals surface area contributed by atoms with Gasteiger partial charge in [-0.2, -0.15) is 4.98 Å². The largest absolute Gasteiger partial charge is 0.343 e. The maximum absolute atomic E-state index is 5.51. The van der Waals surface area contributed by atoms with Gasteiger partial charge in [-0.3, -0.25) is 0 Å². The molecule has 2 rings (SSSR count). The Labute approximate surface area is 94.1 Å². The number of nitrogens with two attached hydrogens (primary N) is 1. The van der Waals surface area contributed by atoms with Gasteiger partial charge < -0.3 is 15.2 Å². The van der Waals surface area contributed by atoms with Crippen molar-refractivity contribution >= 4 is 17.1 Å². The lowest BCUT2D eigenvalue weighted by atomic mass is 10.4. The Hall–Kier alpha value is -1.69. The first-order chi connectivity index (χ1) is 7.63. The Morgan fingerprint density at radius 2 is 2.19 bits per heavy atom. The Balaban J connectivity index is 2.51. The van der Waals surface area contributed by atoms with Crippen molar-refractivity contribution in [2.45, 2.75) is 6.92 Å². The molecule has 0 aromatic carbocycles. The molecule has 2 aromatic rings. The van der Waals surface area contributed by atoms with E-state index < -0.39 is 0 Å². The first-order valence-electron chi connectivity index (χ1n) is 5.20. The van der Waals surface area contributed by atoms with Gasteiger partial charge in [0.05, 0.1) is 12.0 Å². The van der Waals surface area contributed by atoms with E-state index in [0.717, 1.165) is 23.4 Å². The summed E-state index contributed by atoms with van der Waals surface area (Å²) in [4.78, 5) is 15.1. The number of fused-ring (bicyclic) bond motifs is 1. The predicted octanol–water partition coefficient (Wildman–Crippen LogP) is 0.0666. The van der Waals surface area contributed by atoms with Crippen LogP contribution < -0.4 is 10.6 Å². The third-order valence-electron chi connectivity index (χ3n) is 2.53. The van der Waals surface area contributed by atoms with E-state index in [1.54, 1.807) is 6.33 Å². The molecule has 0 amide bonds. The van der Waals surface area contributed by atoms with Gasteiger partial charge in [-0.25, -0.2) is 9.97 Å². The molecule has 0 saturated heterocycles. The third kappa shape index (κ3) is 1.71. The third-order valence-corrected chi connectivity index (χ3v) is 2.53. The second-order valence-electron chi connectivity index (χ2n) is 3.85. The van der Waals surface area contributed by atoms with Gasteiger partial charge in [-0.05, 0) is 6.92 Å². The predicted molar refractivity (Wildman–Crippen MR) is 63.4 cm³/mol. The van der Waals surface area contributed by atoms with Gasteiger partial charge in [0.1, 0.15) is 5.52 Å². The van der Waals surface area contributed by atoms with E-state index in [0.29, 0.717) is 12.5 Å². The molecule has 0 spiro atoms. The SMILES string of the molecule is Cc1nc(N(C)CCN)nc2c1ncn2C. The van der Waals surface area contributed by atoms with E-state index >= 15 is 0 Å². The molecule has 0 unspecified atom stereocenters. The molecule has 0 radical (unpaired) electrons. The van der Waals surface area contributed by atoms with E-state index in [9.17, 15) is 0 Å². The van der Waals surface area contributed by atoms with Crippen LogP contribution in [0.4, 0.5) is 5.95 Å². The second-order valence-corrected chi connectivity index (χ2v) is 3.85. The van der Waals surface area contributed by atoms with Crippen LogP contribution in [0.2, 0.25) is 0 Å². The lowest BCUT2D eigenvalue weighted by Gasteiger charge is -2.16. The van der Waals surface area contributed by atoms with Crippen molar-refractivity contribution in [3.63, 3.8) is 0 Å². The molecule has 86 valence electrons. The average Bonchev–Trinajstić information content (AvgIpc) is 2.61. The van der Waals surface area contributed by atoms with Crippen molar-refractivity contribution in [2.75, 3.05) is 25.0 Å². The van der Waals surface area contributed by atoms with Crippen LogP contribution in [0.25, 0.3) is 11.2 Å². The molecule has 0 bridgehead atoms. The van der Waals surface area contributed by atoms with Crippen LogP contribution in [0.5, 0.6) is 0 Å². The number of aromatic nitrogens is 4. The van der Waals surface area contributed by atoms with Crippen LogP contribution in [0, 0.1) is 6.92 Å². The molecule has 0 aliphatic rings. The molecule has 16 heavy (non-hydrogen) atoms. The number of nitrogens with zero attached hydrogens (tertiary/aromatic N) is 5. The molecular weight excluding hydrogens is 204 g/mol. The van der Waals surface area contributed by atoms with Crippen molar-refractivity contribution < 1.29 is 0 Å². The summed E-state index contributed by atoms with van der Waals surface area (Å²) in [6, 6.07) is 0. The van der Waals surface area contributed by atoms with Crippen LogP contribution in [0.1, 0.15) is 5.69 Å². The molecule has 2 N–H and O–H groups in total. The number of hydrogen-bond acceptors (Lipinski definition) is 5. The van der Waals surface area contributed by atoms with Gasteiger partial charge in [0.25, 0.3) is 0 Å². The molecular formula is C10H16N6. The maximum Gasteiger partial charge on any atom is 0.227 e. The highest BCUT2D eigenvalue weighted by Gasteiger charge is 2.11. The Morgan fingerprint density at radius 1 is 1.44 bits per heavy atom. The van der Waals surface area contributed by atoms with Crippen molar-refractivity contribution in [2.24, 2.45) is 12.8 Å². The maximum atomic E-state index is 5.51. The zero-order valence-electron chi connectivity index (χ0n) is 9.80. The average molecular weight is 220 g/mol. The summed E-state index contributed by atoms with van der Waals surface area (Å²) in [6.07, 6.45) is 1.75. The van der Waals surface area contributed by atoms with Gasteiger partial charge >= 0.3 is 0 Å². The monoisotopic (exact) mass is 220 g/mol. The summed E-state index contributed by atoms with van der Waals surface area (Å²) >= 11 is 0. The Morgan fingerprint density at radius 3 is 2.88 bits per heavy atom. The molecule has 0 aliphatic carbocycles. The van der Waals surface area contributed by atoms with Gasteiger partial charge in [-0.1, -0.05) is 0 Å². The standard InChI is InChI=1S/C10H16N6/c1-7-8-9(16(3)6-12-8)14-10(13-7)15(2)5-4-11/h6H,4-5,11H2,1-3H3. The van der Waals surface area contributed by atoms with E-state index in [1.807, 2.05) is 30.5 Å². The summed E-state index contributed by atoms with van der Waals surface area (Å²) < 4.78 is 1.89. The topological polar surface area (TPSA) is 72.9 Å². The second kappa shape index (κ2) is 4.05. The van der Waals surface area contributed by atoms with E-state index in [4.69, 9.17) is 5.73 Å². The number of anilines is 1. The fraction of sp³-hybridized carbons (Fsp3) is 0.500. The lowest BCUT2D eigenvalue weighted by molar-refractivity contribution is 0.839. The highest BCUT2D eigenvalue weighted by molar-refractivity contribution is 5.74. The van der Waals surface area contributed by atoms with Crippen LogP contribution in [0.3, 0.4) is 0 Å². The first-order valence-corrected chi connectivity index (χ1v) is 5.20. The minimum absolute atomic E-state index is 0.586. The highest BCUT2D eigenvalue weighted by Crippen LogP contribution is 2.16. The Kier molecular flexibility index (Phi) is 2.74. The van der Waals surface area contributed by atoms with Crippen molar-refractivity contribution in [1.82, 2.24) is 19.5 Å². The molecule has 0 aliphatic heterocycles. The summed E-state index contributed by atoms with van der Waals surface area (Å²) in [5.74, 6) is 0.694.